The fourth-order valence-electron chi connectivity index (χ4n) is 2.96. The molecule has 0 saturated carbocycles. The van der Waals surface area contributed by atoms with Gasteiger partial charge in [-0.05, 0) is 50.6 Å². The van der Waals surface area contributed by atoms with Gasteiger partial charge in [0, 0.05) is 16.0 Å². The van der Waals surface area contributed by atoms with Crippen LogP contribution in [0.4, 0.5) is 0 Å². The van der Waals surface area contributed by atoms with Crippen molar-refractivity contribution >= 4 is 24.0 Å². The van der Waals surface area contributed by atoms with Gasteiger partial charge in [-0.1, -0.05) is 11.6 Å². The number of ether oxygens (including phenoxy) is 1. The summed E-state index contributed by atoms with van der Waals surface area (Å²) >= 11 is 6.11. The molecule has 3 rings (SSSR count). The van der Waals surface area contributed by atoms with Crippen LogP contribution < -0.4 is 10.1 Å². The molecule has 2 aliphatic heterocycles. The monoisotopic (exact) mass is 273 g/mol. The number of fused-ring (bicyclic) bond motifs is 2. The normalized spacial score (nSPS) is 21.2. The summed E-state index contributed by atoms with van der Waals surface area (Å²) in [6.07, 6.45) is 3.52. The number of benzene rings is 1. The van der Waals surface area contributed by atoms with Crippen molar-refractivity contribution in [1.82, 2.24) is 5.32 Å². The Morgan fingerprint density at radius 2 is 1.94 bits per heavy atom. The molecule has 0 unspecified atom stereocenters. The molecular weight excluding hydrogens is 257 g/mol. The predicted molar refractivity (Wildman–Crippen MR) is 72.6 cm³/mol. The van der Waals surface area contributed by atoms with Gasteiger partial charge in [-0.3, -0.25) is 0 Å². The maximum absolute atomic E-state index is 6.11. The molecule has 17 heavy (non-hydrogen) atoms. The zero-order chi connectivity index (χ0) is 11.0. The first-order valence-electron chi connectivity index (χ1n) is 5.94. The quantitative estimate of drug-likeness (QED) is 0.784. The Morgan fingerprint density at radius 1 is 1.18 bits per heavy atom. The van der Waals surface area contributed by atoms with Gasteiger partial charge in [-0.25, -0.2) is 0 Å². The summed E-state index contributed by atoms with van der Waals surface area (Å²) in [6, 6.07) is 6.03. The average Bonchev–Trinajstić information content (AvgIpc) is 2.32. The molecule has 0 aromatic heterocycles. The predicted octanol–water partition coefficient (Wildman–Crippen LogP) is 3.17. The van der Waals surface area contributed by atoms with E-state index >= 15 is 0 Å². The van der Waals surface area contributed by atoms with E-state index in [-0.39, 0.29) is 12.4 Å². The molecule has 1 N–H and O–H groups in total. The first-order valence-corrected chi connectivity index (χ1v) is 6.32. The van der Waals surface area contributed by atoms with Crippen LogP contribution in [0.25, 0.3) is 0 Å². The Morgan fingerprint density at radius 3 is 2.71 bits per heavy atom. The standard InChI is InChI=1S/C13H16ClNO.ClH/c14-10-1-2-12-11(9-10)13(5-8-16-12)3-6-15-7-4-13;/h1-2,9,15H,3-8H2;1H. The molecule has 1 fully saturated rings. The lowest BCUT2D eigenvalue weighted by Gasteiger charge is -2.42. The lowest BCUT2D eigenvalue weighted by atomic mass is 9.70. The summed E-state index contributed by atoms with van der Waals surface area (Å²) in [4.78, 5) is 0. The molecule has 1 aromatic carbocycles. The minimum absolute atomic E-state index is 0. The Kier molecular flexibility index (Phi) is 3.86. The number of hydrogen-bond donors (Lipinski definition) is 1. The van der Waals surface area contributed by atoms with E-state index in [1.54, 1.807) is 0 Å². The topological polar surface area (TPSA) is 21.3 Å². The summed E-state index contributed by atoms with van der Waals surface area (Å²) in [5.74, 6) is 1.04. The SMILES string of the molecule is Cl.Clc1ccc2c(c1)C1(CCNCC1)CCO2. The summed E-state index contributed by atoms with van der Waals surface area (Å²) in [6.45, 7) is 3.05. The highest BCUT2D eigenvalue weighted by molar-refractivity contribution is 6.30. The second-order valence-electron chi connectivity index (χ2n) is 4.77. The van der Waals surface area contributed by atoms with Gasteiger partial charge in [0.2, 0.25) is 0 Å². The van der Waals surface area contributed by atoms with E-state index in [0.717, 1.165) is 36.9 Å². The third-order valence-corrected chi connectivity index (χ3v) is 4.15. The van der Waals surface area contributed by atoms with Crippen molar-refractivity contribution in [2.75, 3.05) is 19.7 Å². The van der Waals surface area contributed by atoms with Crippen LogP contribution in [0.15, 0.2) is 18.2 Å². The van der Waals surface area contributed by atoms with Crippen LogP contribution in [0.3, 0.4) is 0 Å². The van der Waals surface area contributed by atoms with Gasteiger partial charge in [-0.2, -0.15) is 0 Å². The van der Waals surface area contributed by atoms with Gasteiger partial charge in [-0.15, -0.1) is 12.4 Å². The third-order valence-electron chi connectivity index (χ3n) is 3.91. The molecule has 4 heteroatoms. The lowest BCUT2D eigenvalue weighted by Crippen LogP contribution is -2.42. The van der Waals surface area contributed by atoms with Crippen LogP contribution in [0.5, 0.6) is 5.75 Å². The summed E-state index contributed by atoms with van der Waals surface area (Å²) in [5, 5.41) is 4.25. The number of halogens is 2. The summed E-state index contributed by atoms with van der Waals surface area (Å²) in [7, 11) is 0. The van der Waals surface area contributed by atoms with Crippen molar-refractivity contribution in [1.29, 1.82) is 0 Å². The van der Waals surface area contributed by atoms with E-state index in [2.05, 4.69) is 11.4 Å². The molecule has 1 saturated heterocycles. The van der Waals surface area contributed by atoms with Crippen LogP contribution in [0.1, 0.15) is 24.8 Å². The fourth-order valence-corrected chi connectivity index (χ4v) is 3.13. The number of hydrogen-bond acceptors (Lipinski definition) is 2. The van der Waals surface area contributed by atoms with Crippen LogP contribution >= 0.6 is 24.0 Å². The number of nitrogens with one attached hydrogen (secondary N) is 1. The Bertz CT molecular complexity index is 402. The van der Waals surface area contributed by atoms with E-state index in [0.29, 0.717) is 5.41 Å². The second kappa shape index (κ2) is 5.05. The van der Waals surface area contributed by atoms with E-state index in [1.807, 2.05) is 12.1 Å². The van der Waals surface area contributed by atoms with Crippen molar-refractivity contribution in [2.24, 2.45) is 0 Å². The van der Waals surface area contributed by atoms with Gasteiger partial charge in [0.25, 0.3) is 0 Å². The molecule has 94 valence electrons. The van der Waals surface area contributed by atoms with Gasteiger partial charge < -0.3 is 10.1 Å². The van der Waals surface area contributed by atoms with E-state index < -0.39 is 0 Å². The molecular formula is C13H17Cl2NO. The minimum atomic E-state index is 0. The van der Waals surface area contributed by atoms with Crippen LogP contribution in [-0.4, -0.2) is 19.7 Å². The van der Waals surface area contributed by atoms with Crippen LogP contribution in [-0.2, 0) is 5.41 Å². The van der Waals surface area contributed by atoms with E-state index in [4.69, 9.17) is 16.3 Å². The minimum Gasteiger partial charge on any atom is -0.493 e. The van der Waals surface area contributed by atoms with Crippen molar-refractivity contribution in [3.8, 4) is 5.75 Å². The van der Waals surface area contributed by atoms with Crippen molar-refractivity contribution < 1.29 is 4.74 Å². The Labute approximate surface area is 113 Å². The molecule has 0 atom stereocenters. The van der Waals surface area contributed by atoms with E-state index in [1.165, 1.54) is 18.4 Å². The fraction of sp³-hybridized carbons (Fsp3) is 0.538. The highest BCUT2D eigenvalue weighted by Gasteiger charge is 2.38. The third kappa shape index (κ3) is 2.26. The number of rotatable bonds is 0. The van der Waals surface area contributed by atoms with Crippen molar-refractivity contribution in [2.45, 2.75) is 24.7 Å². The van der Waals surface area contributed by atoms with Crippen LogP contribution in [0, 0.1) is 0 Å². The van der Waals surface area contributed by atoms with Gasteiger partial charge in [0.1, 0.15) is 5.75 Å². The molecule has 2 aliphatic rings. The second-order valence-corrected chi connectivity index (χ2v) is 5.21. The van der Waals surface area contributed by atoms with Gasteiger partial charge in [0.15, 0.2) is 0 Å². The summed E-state index contributed by atoms with van der Waals surface area (Å²) < 4.78 is 5.73. The average molecular weight is 274 g/mol. The van der Waals surface area contributed by atoms with Crippen molar-refractivity contribution in [3.05, 3.63) is 28.8 Å². The lowest BCUT2D eigenvalue weighted by molar-refractivity contribution is 0.180. The molecule has 0 amide bonds. The van der Waals surface area contributed by atoms with Crippen molar-refractivity contribution in [3.63, 3.8) is 0 Å². The largest absolute Gasteiger partial charge is 0.493 e. The number of piperidine rings is 1. The van der Waals surface area contributed by atoms with Gasteiger partial charge in [0.05, 0.1) is 6.61 Å². The maximum atomic E-state index is 6.11. The van der Waals surface area contributed by atoms with Gasteiger partial charge >= 0.3 is 0 Å². The molecule has 2 nitrogen and oxygen atoms in total. The molecule has 0 bridgehead atoms. The summed E-state index contributed by atoms with van der Waals surface area (Å²) in [5.41, 5.74) is 1.64. The maximum Gasteiger partial charge on any atom is 0.123 e. The highest BCUT2D eigenvalue weighted by Crippen LogP contribution is 2.45. The zero-order valence-corrected chi connectivity index (χ0v) is 11.2. The highest BCUT2D eigenvalue weighted by atomic mass is 35.5. The van der Waals surface area contributed by atoms with E-state index in [9.17, 15) is 0 Å². The zero-order valence-electron chi connectivity index (χ0n) is 9.67. The first-order chi connectivity index (χ1) is 7.80. The Hall–Kier alpha value is -0.440. The van der Waals surface area contributed by atoms with Crippen LogP contribution in [0.2, 0.25) is 5.02 Å². The Balaban J connectivity index is 0.00000108. The molecule has 0 aliphatic carbocycles. The molecule has 0 radical (unpaired) electrons. The molecule has 1 spiro atoms. The first kappa shape index (κ1) is 13.0. The molecule has 2 heterocycles. The smallest absolute Gasteiger partial charge is 0.123 e. The molecule has 1 aromatic rings.